The average Bonchev–Trinajstić information content (AvgIpc) is 2.61. The second kappa shape index (κ2) is 9.01. The predicted molar refractivity (Wildman–Crippen MR) is 95.0 cm³/mol. The molecule has 0 saturated carbocycles. The highest BCUT2D eigenvalue weighted by Crippen LogP contribution is 2.29. The molecule has 2 rings (SSSR count). The molecule has 2 aromatic carbocycles. The molecule has 146 valence electrons. The summed E-state index contributed by atoms with van der Waals surface area (Å²) in [5.74, 6) is -2.07. The Kier molecular flexibility index (Phi) is 6.98. The van der Waals surface area contributed by atoms with Crippen molar-refractivity contribution < 1.29 is 28.2 Å². The highest BCUT2D eigenvalue weighted by molar-refractivity contribution is 5.70. The number of nitrogens with two attached hydrogens (primary N) is 1. The van der Waals surface area contributed by atoms with Crippen LogP contribution in [-0.2, 0) is 23.8 Å². The predicted octanol–water partition coefficient (Wildman–Crippen LogP) is 3.27. The highest BCUT2D eigenvalue weighted by Gasteiger charge is 2.30. The van der Waals surface area contributed by atoms with Crippen LogP contribution in [0, 0.1) is 5.92 Å². The summed E-state index contributed by atoms with van der Waals surface area (Å²) in [7, 11) is 0. The number of alkyl halides is 3. The van der Waals surface area contributed by atoms with Crippen LogP contribution in [0.25, 0.3) is 0 Å². The molecule has 4 nitrogen and oxygen atoms in total. The second-order valence-corrected chi connectivity index (χ2v) is 6.59. The third-order valence-corrected chi connectivity index (χ3v) is 4.45. The van der Waals surface area contributed by atoms with E-state index in [-0.39, 0.29) is 12.8 Å². The molecular formula is C20H22F3NO3. The molecule has 0 spiro atoms. The SMILES string of the molecule is NC(Cc1ccccc1)C(O)CC(Cc1ccc(C(F)(F)F)cc1)C(=O)O. The number of aliphatic hydroxyl groups is 1. The standard InChI is InChI=1S/C20H22F3NO3/c21-20(22,23)16-8-6-14(7-9-16)10-15(19(26)27)12-18(25)17(24)11-13-4-2-1-3-5-13/h1-9,15,17-18,25H,10-12,24H2,(H,26,27). The molecule has 0 radical (unpaired) electrons. The van der Waals surface area contributed by atoms with Crippen molar-refractivity contribution in [3.8, 4) is 0 Å². The Hall–Kier alpha value is -2.38. The van der Waals surface area contributed by atoms with Gasteiger partial charge in [-0.1, -0.05) is 42.5 Å². The van der Waals surface area contributed by atoms with Crippen molar-refractivity contribution in [1.82, 2.24) is 0 Å². The molecule has 27 heavy (non-hydrogen) atoms. The molecule has 0 bridgehead atoms. The number of aliphatic carboxylic acids is 1. The average molecular weight is 381 g/mol. The van der Waals surface area contributed by atoms with Crippen LogP contribution in [0.15, 0.2) is 54.6 Å². The maximum Gasteiger partial charge on any atom is 0.416 e. The molecule has 0 aliphatic rings. The van der Waals surface area contributed by atoms with Gasteiger partial charge in [0.1, 0.15) is 0 Å². The largest absolute Gasteiger partial charge is 0.481 e. The highest BCUT2D eigenvalue weighted by atomic mass is 19.4. The van der Waals surface area contributed by atoms with Crippen LogP contribution < -0.4 is 5.73 Å². The number of carboxylic acid groups (broad SMARTS) is 1. The molecule has 4 N–H and O–H groups in total. The van der Waals surface area contributed by atoms with Gasteiger partial charge in [-0.2, -0.15) is 13.2 Å². The maximum atomic E-state index is 12.6. The van der Waals surface area contributed by atoms with Crippen molar-refractivity contribution in [2.45, 2.75) is 37.6 Å². The van der Waals surface area contributed by atoms with Crippen LogP contribution in [-0.4, -0.2) is 28.3 Å². The summed E-state index contributed by atoms with van der Waals surface area (Å²) >= 11 is 0. The summed E-state index contributed by atoms with van der Waals surface area (Å²) in [5, 5.41) is 19.7. The van der Waals surface area contributed by atoms with Crippen molar-refractivity contribution >= 4 is 5.97 Å². The molecular weight excluding hydrogens is 359 g/mol. The van der Waals surface area contributed by atoms with Crippen LogP contribution in [0.2, 0.25) is 0 Å². The lowest BCUT2D eigenvalue weighted by atomic mass is 9.89. The first-order valence-electron chi connectivity index (χ1n) is 8.53. The molecule has 0 fully saturated rings. The molecule has 3 unspecified atom stereocenters. The molecule has 7 heteroatoms. The summed E-state index contributed by atoms with van der Waals surface area (Å²) in [5.41, 5.74) is 6.59. The van der Waals surface area contributed by atoms with E-state index < -0.39 is 35.8 Å². The monoisotopic (exact) mass is 381 g/mol. The number of rotatable bonds is 8. The van der Waals surface area contributed by atoms with E-state index in [1.54, 1.807) is 0 Å². The van der Waals surface area contributed by atoms with E-state index in [9.17, 15) is 28.2 Å². The number of benzene rings is 2. The zero-order valence-electron chi connectivity index (χ0n) is 14.6. The van der Waals surface area contributed by atoms with Gasteiger partial charge >= 0.3 is 12.1 Å². The van der Waals surface area contributed by atoms with Crippen LogP contribution in [0.3, 0.4) is 0 Å². The van der Waals surface area contributed by atoms with Crippen LogP contribution in [0.4, 0.5) is 13.2 Å². The van der Waals surface area contributed by atoms with E-state index >= 15 is 0 Å². The Morgan fingerprint density at radius 2 is 1.52 bits per heavy atom. The van der Waals surface area contributed by atoms with E-state index in [0.717, 1.165) is 17.7 Å². The van der Waals surface area contributed by atoms with Gasteiger partial charge in [0.15, 0.2) is 0 Å². The quantitative estimate of drug-likeness (QED) is 0.655. The van der Waals surface area contributed by atoms with Crippen molar-refractivity contribution in [2.75, 3.05) is 0 Å². The number of hydrogen-bond acceptors (Lipinski definition) is 3. The fraction of sp³-hybridized carbons (Fsp3) is 0.350. The Morgan fingerprint density at radius 1 is 0.963 bits per heavy atom. The summed E-state index contributed by atoms with van der Waals surface area (Å²) in [6.45, 7) is 0. The van der Waals surface area contributed by atoms with E-state index in [1.807, 2.05) is 30.3 Å². The third-order valence-electron chi connectivity index (χ3n) is 4.45. The van der Waals surface area contributed by atoms with Gasteiger partial charge in [0.05, 0.1) is 17.6 Å². The molecule has 0 aliphatic heterocycles. The van der Waals surface area contributed by atoms with E-state index in [0.29, 0.717) is 12.0 Å². The number of carbonyl (C=O) groups is 1. The molecule has 0 saturated heterocycles. The topological polar surface area (TPSA) is 83.5 Å². The Bertz CT molecular complexity index is 732. The molecule has 0 heterocycles. The Morgan fingerprint density at radius 3 is 2.04 bits per heavy atom. The van der Waals surface area contributed by atoms with E-state index in [1.165, 1.54) is 12.1 Å². The Labute approximate surface area is 155 Å². The van der Waals surface area contributed by atoms with Gasteiger partial charge in [-0.05, 0) is 42.5 Å². The molecule has 0 amide bonds. The van der Waals surface area contributed by atoms with Gasteiger partial charge in [-0.25, -0.2) is 0 Å². The fourth-order valence-corrected chi connectivity index (χ4v) is 2.87. The number of hydrogen-bond donors (Lipinski definition) is 3. The zero-order chi connectivity index (χ0) is 20.0. The van der Waals surface area contributed by atoms with Gasteiger partial charge < -0.3 is 15.9 Å². The van der Waals surface area contributed by atoms with E-state index in [4.69, 9.17) is 5.73 Å². The first-order chi connectivity index (χ1) is 12.7. The number of carboxylic acids is 1. The van der Waals surface area contributed by atoms with Crippen molar-refractivity contribution in [1.29, 1.82) is 0 Å². The Balaban J connectivity index is 1.99. The maximum absolute atomic E-state index is 12.6. The minimum atomic E-state index is -4.44. The normalized spacial score (nSPS) is 15.1. The minimum absolute atomic E-state index is 0.0165. The zero-order valence-corrected chi connectivity index (χ0v) is 14.6. The lowest BCUT2D eigenvalue weighted by Crippen LogP contribution is -2.39. The van der Waals surface area contributed by atoms with Gasteiger partial charge in [0.2, 0.25) is 0 Å². The molecule has 0 aliphatic carbocycles. The first-order valence-corrected chi connectivity index (χ1v) is 8.53. The third kappa shape index (κ3) is 6.37. The van der Waals surface area contributed by atoms with Gasteiger partial charge in [-0.3, -0.25) is 4.79 Å². The lowest BCUT2D eigenvalue weighted by Gasteiger charge is -2.22. The van der Waals surface area contributed by atoms with Crippen LogP contribution in [0.5, 0.6) is 0 Å². The molecule has 2 aromatic rings. The second-order valence-electron chi connectivity index (χ2n) is 6.59. The summed E-state index contributed by atoms with van der Waals surface area (Å²) in [6, 6.07) is 13.0. The first kappa shape index (κ1) is 20.9. The minimum Gasteiger partial charge on any atom is -0.481 e. The van der Waals surface area contributed by atoms with Crippen molar-refractivity contribution in [2.24, 2.45) is 11.7 Å². The van der Waals surface area contributed by atoms with Crippen LogP contribution >= 0.6 is 0 Å². The van der Waals surface area contributed by atoms with Crippen LogP contribution in [0.1, 0.15) is 23.1 Å². The molecule has 0 aromatic heterocycles. The van der Waals surface area contributed by atoms with Crippen molar-refractivity contribution in [3.05, 3.63) is 71.3 Å². The van der Waals surface area contributed by atoms with E-state index in [2.05, 4.69) is 0 Å². The van der Waals surface area contributed by atoms with Gasteiger partial charge in [0, 0.05) is 6.04 Å². The van der Waals surface area contributed by atoms with Gasteiger partial charge in [0.25, 0.3) is 0 Å². The number of halogens is 3. The molecule has 3 atom stereocenters. The fourth-order valence-electron chi connectivity index (χ4n) is 2.87. The number of aliphatic hydroxyl groups excluding tert-OH is 1. The lowest BCUT2D eigenvalue weighted by molar-refractivity contribution is -0.143. The smallest absolute Gasteiger partial charge is 0.416 e. The van der Waals surface area contributed by atoms with Crippen molar-refractivity contribution in [3.63, 3.8) is 0 Å². The van der Waals surface area contributed by atoms with Gasteiger partial charge in [-0.15, -0.1) is 0 Å². The summed E-state index contributed by atoms with van der Waals surface area (Å²) < 4.78 is 37.8. The summed E-state index contributed by atoms with van der Waals surface area (Å²) in [4.78, 5) is 11.5. The summed E-state index contributed by atoms with van der Waals surface area (Å²) in [6.07, 6.45) is -5.15.